The Labute approximate surface area is 188 Å². The SMILES string of the molecule is CC(C)C(=O)COCCOCCNC(=O)COCCOCCNC(=O)CC[C@@H](N)C(=O)O. The number of rotatable bonds is 21. The molecule has 186 valence electrons. The van der Waals surface area contributed by atoms with E-state index in [-0.39, 0.29) is 75.9 Å². The van der Waals surface area contributed by atoms with Crippen LogP contribution < -0.4 is 16.4 Å². The van der Waals surface area contributed by atoms with Crippen molar-refractivity contribution in [2.24, 2.45) is 11.7 Å². The summed E-state index contributed by atoms with van der Waals surface area (Å²) in [5.41, 5.74) is 5.31. The fourth-order valence-corrected chi connectivity index (χ4v) is 2.02. The van der Waals surface area contributed by atoms with Crippen molar-refractivity contribution in [2.75, 3.05) is 65.9 Å². The van der Waals surface area contributed by atoms with Gasteiger partial charge in [0.1, 0.15) is 19.3 Å². The van der Waals surface area contributed by atoms with Crippen molar-refractivity contribution in [3.63, 3.8) is 0 Å². The van der Waals surface area contributed by atoms with E-state index in [2.05, 4.69) is 10.6 Å². The average Bonchev–Trinajstić information content (AvgIpc) is 2.75. The Bertz CT molecular complexity index is 558. The van der Waals surface area contributed by atoms with Gasteiger partial charge in [-0.1, -0.05) is 13.8 Å². The summed E-state index contributed by atoms with van der Waals surface area (Å²) in [6.45, 7) is 5.94. The Hall–Kier alpha value is -2.12. The Morgan fingerprint density at radius 3 is 1.81 bits per heavy atom. The van der Waals surface area contributed by atoms with Crippen LogP contribution in [-0.4, -0.2) is 101 Å². The van der Waals surface area contributed by atoms with E-state index >= 15 is 0 Å². The number of aliphatic carboxylic acids is 1. The zero-order chi connectivity index (χ0) is 24.2. The van der Waals surface area contributed by atoms with Crippen molar-refractivity contribution >= 4 is 23.6 Å². The van der Waals surface area contributed by atoms with Gasteiger partial charge >= 0.3 is 5.97 Å². The summed E-state index contributed by atoms with van der Waals surface area (Å²) in [6, 6.07) is -1.05. The van der Waals surface area contributed by atoms with Gasteiger partial charge in [0.05, 0.1) is 39.6 Å². The first kappa shape index (κ1) is 29.9. The number of ketones is 1. The lowest BCUT2D eigenvalue weighted by Gasteiger charge is -2.09. The number of hydrogen-bond donors (Lipinski definition) is 4. The molecule has 0 rings (SSSR count). The summed E-state index contributed by atoms with van der Waals surface area (Å²) < 4.78 is 20.9. The lowest BCUT2D eigenvalue weighted by Crippen LogP contribution is -2.33. The predicted octanol–water partition coefficient (Wildman–Crippen LogP) is -1.30. The molecule has 32 heavy (non-hydrogen) atoms. The normalized spacial score (nSPS) is 11.9. The number of Topliss-reactive ketones (excluding diaryl/α,β-unsaturated/α-hetero) is 1. The number of carboxylic acid groups (broad SMARTS) is 1. The highest BCUT2D eigenvalue weighted by molar-refractivity contribution is 5.81. The van der Waals surface area contributed by atoms with Crippen LogP contribution in [0.4, 0.5) is 0 Å². The zero-order valence-electron chi connectivity index (χ0n) is 18.9. The first-order valence-corrected chi connectivity index (χ1v) is 10.6. The molecule has 0 aromatic carbocycles. The molecule has 12 nitrogen and oxygen atoms in total. The molecule has 0 bridgehead atoms. The maximum Gasteiger partial charge on any atom is 0.320 e. The van der Waals surface area contributed by atoms with Crippen molar-refractivity contribution in [3.8, 4) is 0 Å². The molecule has 1 atom stereocenters. The standard InChI is InChI=1S/C20H37N3O9/c1-15(2)17(24)13-31-11-9-30-8-6-23-19(26)14-32-12-10-29-7-5-22-18(25)4-3-16(21)20(27)28/h15-16H,3-14,21H2,1-2H3,(H,22,25)(H,23,26)(H,27,28)/t16-/m1/s1. The first-order valence-electron chi connectivity index (χ1n) is 10.6. The van der Waals surface area contributed by atoms with E-state index < -0.39 is 12.0 Å². The third kappa shape index (κ3) is 18.6. The number of carboxylic acids is 1. The second-order valence-electron chi connectivity index (χ2n) is 7.13. The van der Waals surface area contributed by atoms with Crippen LogP contribution in [0.2, 0.25) is 0 Å². The van der Waals surface area contributed by atoms with Gasteiger partial charge in [0.2, 0.25) is 11.8 Å². The predicted molar refractivity (Wildman–Crippen MR) is 114 cm³/mol. The lowest BCUT2D eigenvalue weighted by atomic mass is 10.1. The van der Waals surface area contributed by atoms with Crippen molar-refractivity contribution < 1.29 is 43.2 Å². The van der Waals surface area contributed by atoms with Crippen LogP contribution in [0, 0.1) is 5.92 Å². The topological polar surface area (TPSA) is 176 Å². The number of nitrogens with one attached hydrogen (secondary N) is 2. The van der Waals surface area contributed by atoms with Crippen molar-refractivity contribution in [2.45, 2.75) is 32.7 Å². The molecule has 0 aliphatic carbocycles. The molecule has 0 aromatic heterocycles. The number of nitrogens with two attached hydrogens (primary N) is 1. The smallest absolute Gasteiger partial charge is 0.320 e. The number of carbonyl (C=O) groups excluding carboxylic acids is 3. The van der Waals surface area contributed by atoms with Gasteiger partial charge in [-0.3, -0.25) is 19.2 Å². The van der Waals surface area contributed by atoms with E-state index in [1.54, 1.807) is 0 Å². The number of carbonyl (C=O) groups is 4. The van der Waals surface area contributed by atoms with Crippen LogP contribution in [-0.2, 0) is 38.1 Å². The molecular formula is C20H37N3O9. The highest BCUT2D eigenvalue weighted by Crippen LogP contribution is 1.95. The summed E-state index contributed by atoms with van der Waals surface area (Å²) in [5.74, 6) is -1.71. The van der Waals surface area contributed by atoms with Crippen LogP contribution in [0.15, 0.2) is 0 Å². The van der Waals surface area contributed by atoms with Crippen molar-refractivity contribution in [1.82, 2.24) is 10.6 Å². The second-order valence-corrected chi connectivity index (χ2v) is 7.13. The van der Waals surface area contributed by atoms with E-state index in [1.165, 1.54) is 0 Å². The number of hydrogen-bond acceptors (Lipinski definition) is 9. The largest absolute Gasteiger partial charge is 0.480 e. The quantitative estimate of drug-likeness (QED) is 0.150. The molecule has 0 spiro atoms. The Morgan fingerprint density at radius 2 is 1.28 bits per heavy atom. The summed E-state index contributed by atoms with van der Waals surface area (Å²) in [6.07, 6.45) is 0.100. The van der Waals surface area contributed by atoms with Gasteiger partial charge in [0.15, 0.2) is 5.78 Å². The average molecular weight is 464 g/mol. The molecule has 0 aliphatic rings. The molecule has 0 saturated carbocycles. The molecule has 0 saturated heterocycles. The molecule has 0 heterocycles. The van der Waals surface area contributed by atoms with Crippen LogP contribution in [0.5, 0.6) is 0 Å². The Balaban J connectivity index is 3.39. The third-order valence-electron chi connectivity index (χ3n) is 4.00. The highest BCUT2D eigenvalue weighted by Gasteiger charge is 2.13. The van der Waals surface area contributed by atoms with E-state index in [4.69, 9.17) is 29.8 Å². The molecule has 0 fully saturated rings. The summed E-state index contributed by atoms with van der Waals surface area (Å²) in [5, 5.41) is 13.9. The Morgan fingerprint density at radius 1 is 0.781 bits per heavy atom. The molecular weight excluding hydrogens is 426 g/mol. The number of ether oxygens (including phenoxy) is 4. The summed E-state index contributed by atoms with van der Waals surface area (Å²) >= 11 is 0. The van der Waals surface area contributed by atoms with Crippen molar-refractivity contribution in [3.05, 3.63) is 0 Å². The maximum atomic E-state index is 11.6. The summed E-state index contributed by atoms with van der Waals surface area (Å²) in [4.78, 5) is 45.0. The van der Waals surface area contributed by atoms with Crippen LogP contribution in [0.3, 0.4) is 0 Å². The van der Waals surface area contributed by atoms with Crippen LogP contribution in [0.1, 0.15) is 26.7 Å². The molecule has 0 aliphatic heterocycles. The van der Waals surface area contributed by atoms with E-state index in [1.807, 2.05) is 13.8 Å². The van der Waals surface area contributed by atoms with Gasteiger partial charge < -0.3 is 40.4 Å². The molecule has 0 radical (unpaired) electrons. The zero-order valence-corrected chi connectivity index (χ0v) is 18.9. The van der Waals surface area contributed by atoms with Gasteiger partial charge in [-0.2, -0.15) is 0 Å². The van der Waals surface area contributed by atoms with Gasteiger partial charge in [-0.05, 0) is 6.42 Å². The molecule has 2 amide bonds. The van der Waals surface area contributed by atoms with E-state index in [0.29, 0.717) is 26.4 Å². The first-order chi connectivity index (χ1) is 15.2. The van der Waals surface area contributed by atoms with Gasteiger partial charge in [0.25, 0.3) is 0 Å². The lowest BCUT2D eigenvalue weighted by molar-refractivity contribution is -0.138. The molecule has 5 N–H and O–H groups in total. The van der Waals surface area contributed by atoms with Crippen LogP contribution >= 0.6 is 0 Å². The number of amides is 2. The molecule has 0 aromatic rings. The molecule has 12 heteroatoms. The van der Waals surface area contributed by atoms with Gasteiger partial charge in [-0.25, -0.2) is 0 Å². The molecule has 0 unspecified atom stereocenters. The fourth-order valence-electron chi connectivity index (χ4n) is 2.02. The van der Waals surface area contributed by atoms with Crippen molar-refractivity contribution in [1.29, 1.82) is 0 Å². The van der Waals surface area contributed by atoms with Gasteiger partial charge in [0, 0.05) is 25.4 Å². The Kier molecular flexibility index (Phi) is 18.3. The third-order valence-corrected chi connectivity index (χ3v) is 4.00. The minimum atomic E-state index is -1.14. The maximum absolute atomic E-state index is 11.6. The highest BCUT2D eigenvalue weighted by atomic mass is 16.5. The minimum absolute atomic E-state index is 0.0316. The summed E-state index contributed by atoms with van der Waals surface area (Å²) in [7, 11) is 0. The van der Waals surface area contributed by atoms with Crippen LogP contribution in [0.25, 0.3) is 0 Å². The minimum Gasteiger partial charge on any atom is -0.480 e. The van der Waals surface area contributed by atoms with Gasteiger partial charge in [-0.15, -0.1) is 0 Å². The monoisotopic (exact) mass is 463 g/mol. The fraction of sp³-hybridized carbons (Fsp3) is 0.800. The second kappa shape index (κ2) is 19.6. The van der Waals surface area contributed by atoms with E-state index in [9.17, 15) is 19.2 Å². The van der Waals surface area contributed by atoms with E-state index in [0.717, 1.165) is 0 Å².